The molecule has 3 atom stereocenters. The van der Waals surface area contributed by atoms with Crippen molar-refractivity contribution in [2.75, 3.05) is 6.54 Å². The molecule has 0 bridgehead atoms. The summed E-state index contributed by atoms with van der Waals surface area (Å²) in [5.41, 5.74) is 5.95. The quantitative estimate of drug-likeness (QED) is 0.763. The van der Waals surface area contributed by atoms with Crippen LogP contribution in [0.15, 0.2) is 0 Å². The summed E-state index contributed by atoms with van der Waals surface area (Å²) in [5, 5.41) is 3.06. The summed E-state index contributed by atoms with van der Waals surface area (Å²) in [6, 6.07) is -0.246. The third-order valence-electron chi connectivity index (χ3n) is 5.23. The molecule has 3 heteroatoms. The van der Waals surface area contributed by atoms with Gasteiger partial charge in [-0.05, 0) is 42.9 Å². The zero-order valence-corrected chi connectivity index (χ0v) is 10.5. The van der Waals surface area contributed by atoms with Gasteiger partial charge >= 0.3 is 0 Å². The number of carbonyl (C=O) groups is 1. The van der Waals surface area contributed by atoms with Gasteiger partial charge in [0.15, 0.2) is 0 Å². The topological polar surface area (TPSA) is 55.1 Å². The van der Waals surface area contributed by atoms with Gasteiger partial charge in [0.1, 0.15) is 0 Å². The molecule has 96 valence electrons. The van der Waals surface area contributed by atoms with Crippen molar-refractivity contribution in [2.45, 2.75) is 51.0 Å². The van der Waals surface area contributed by atoms with Crippen LogP contribution in [0.2, 0.25) is 0 Å². The molecule has 3 nitrogen and oxygen atoms in total. The fraction of sp³-hybridized carbons (Fsp3) is 0.929. The molecule has 0 radical (unpaired) electrons. The standard InChI is InChI=1S/C14H24N2O/c15-13(10-5-2-6-10)14(17)16-8-11-7-12(11)9-3-1-4-9/h9-13H,1-8,15H2,(H,16,17)/t11-,12-,13?/m0/s1. The van der Waals surface area contributed by atoms with Crippen LogP contribution >= 0.6 is 0 Å². The Balaban J connectivity index is 1.35. The molecule has 3 N–H and O–H groups in total. The van der Waals surface area contributed by atoms with Gasteiger partial charge in [0.25, 0.3) is 0 Å². The lowest BCUT2D eigenvalue weighted by Crippen LogP contribution is -2.48. The third-order valence-corrected chi connectivity index (χ3v) is 5.23. The summed E-state index contributed by atoms with van der Waals surface area (Å²) >= 11 is 0. The van der Waals surface area contributed by atoms with Crippen molar-refractivity contribution in [1.82, 2.24) is 5.32 Å². The summed E-state index contributed by atoms with van der Waals surface area (Å²) in [7, 11) is 0. The minimum absolute atomic E-state index is 0.0916. The van der Waals surface area contributed by atoms with Crippen LogP contribution in [0.25, 0.3) is 0 Å². The number of hydrogen-bond donors (Lipinski definition) is 2. The smallest absolute Gasteiger partial charge is 0.237 e. The summed E-state index contributed by atoms with van der Waals surface area (Å²) in [4.78, 5) is 11.8. The average Bonchev–Trinajstić information content (AvgIpc) is 2.88. The van der Waals surface area contributed by atoms with E-state index in [1.165, 1.54) is 32.1 Å². The molecule has 0 saturated heterocycles. The van der Waals surface area contributed by atoms with Crippen LogP contribution in [0.1, 0.15) is 44.9 Å². The molecular weight excluding hydrogens is 212 g/mol. The van der Waals surface area contributed by atoms with Gasteiger partial charge in [0, 0.05) is 6.54 Å². The molecule has 0 spiro atoms. The van der Waals surface area contributed by atoms with E-state index in [1.54, 1.807) is 0 Å². The minimum atomic E-state index is -0.246. The summed E-state index contributed by atoms with van der Waals surface area (Å²) < 4.78 is 0. The molecule has 3 aliphatic rings. The summed E-state index contributed by atoms with van der Waals surface area (Å²) in [6.45, 7) is 0.875. The van der Waals surface area contributed by atoms with Crippen LogP contribution < -0.4 is 11.1 Å². The van der Waals surface area contributed by atoms with Gasteiger partial charge in [0.05, 0.1) is 6.04 Å². The highest BCUT2D eigenvalue weighted by Gasteiger charge is 2.44. The molecule has 0 heterocycles. The lowest BCUT2D eigenvalue weighted by atomic mass is 9.79. The molecule has 3 fully saturated rings. The second kappa shape index (κ2) is 4.60. The molecule has 0 aromatic heterocycles. The van der Waals surface area contributed by atoms with Crippen LogP contribution in [0.3, 0.4) is 0 Å². The van der Waals surface area contributed by atoms with E-state index in [2.05, 4.69) is 5.32 Å². The number of nitrogens with one attached hydrogen (secondary N) is 1. The molecule has 0 aromatic rings. The zero-order chi connectivity index (χ0) is 11.8. The predicted molar refractivity (Wildman–Crippen MR) is 67.3 cm³/mol. The Morgan fingerprint density at radius 3 is 2.47 bits per heavy atom. The van der Waals surface area contributed by atoms with Crippen molar-refractivity contribution < 1.29 is 4.79 Å². The van der Waals surface area contributed by atoms with Gasteiger partial charge in [-0.25, -0.2) is 0 Å². The van der Waals surface area contributed by atoms with Gasteiger partial charge < -0.3 is 11.1 Å². The van der Waals surface area contributed by atoms with Crippen LogP contribution in [0.4, 0.5) is 0 Å². The van der Waals surface area contributed by atoms with E-state index in [4.69, 9.17) is 5.73 Å². The number of rotatable bonds is 5. The highest BCUT2D eigenvalue weighted by molar-refractivity contribution is 5.81. The Kier molecular flexibility index (Phi) is 3.12. The van der Waals surface area contributed by atoms with Crippen molar-refractivity contribution in [3.63, 3.8) is 0 Å². The summed E-state index contributed by atoms with van der Waals surface area (Å²) in [6.07, 6.45) is 9.15. The Labute approximate surface area is 104 Å². The van der Waals surface area contributed by atoms with Crippen molar-refractivity contribution in [1.29, 1.82) is 0 Å². The van der Waals surface area contributed by atoms with E-state index >= 15 is 0 Å². The van der Waals surface area contributed by atoms with E-state index in [0.717, 1.165) is 37.1 Å². The molecule has 1 unspecified atom stereocenters. The second-order valence-corrected chi connectivity index (χ2v) is 6.31. The van der Waals surface area contributed by atoms with Crippen molar-refractivity contribution in [3.05, 3.63) is 0 Å². The van der Waals surface area contributed by atoms with Gasteiger partial charge in [-0.1, -0.05) is 25.7 Å². The Morgan fingerprint density at radius 1 is 1.24 bits per heavy atom. The predicted octanol–water partition coefficient (Wildman–Crippen LogP) is 1.67. The first-order chi connectivity index (χ1) is 8.25. The van der Waals surface area contributed by atoms with Gasteiger partial charge in [-0.15, -0.1) is 0 Å². The summed E-state index contributed by atoms with van der Waals surface area (Å²) in [5.74, 6) is 3.21. The largest absolute Gasteiger partial charge is 0.354 e. The maximum absolute atomic E-state index is 11.8. The fourth-order valence-corrected chi connectivity index (χ4v) is 3.31. The van der Waals surface area contributed by atoms with E-state index in [-0.39, 0.29) is 11.9 Å². The van der Waals surface area contributed by atoms with E-state index in [0.29, 0.717) is 5.92 Å². The van der Waals surface area contributed by atoms with E-state index in [9.17, 15) is 4.79 Å². The highest BCUT2D eigenvalue weighted by atomic mass is 16.2. The Bertz CT molecular complexity index is 297. The highest BCUT2D eigenvalue weighted by Crippen LogP contribution is 2.51. The lowest BCUT2D eigenvalue weighted by Gasteiger charge is -2.30. The van der Waals surface area contributed by atoms with Gasteiger partial charge in [0.2, 0.25) is 5.91 Å². The molecule has 3 saturated carbocycles. The van der Waals surface area contributed by atoms with Crippen molar-refractivity contribution in [3.8, 4) is 0 Å². The molecule has 3 aliphatic carbocycles. The number of carbonyl (C=O) groups excluding carboxylic acids is 1. The van der Waals surface area contributed by atoms with Crippen LogP contribution in [-0.4, -0.2) is 18.5 Å². The van der Waals surface area contributed by atoms with Crippen molar-refractivity contribution in [2.24, 2.45) is 29.4 Å². The maximum atomic E-state index is 11.8. The monoisotopic (exact) mass is 236 g/mol. The first kappa shape index (κ1) is 11.5. The van der Waals surface area contributed by atoms with Crippen LogP contribution in [0.5, 0.6) is 0 Å². The maximum Gasteiger partial charge on any atom is 0.237 e. The SMILES string of the molecule is NC(C(=O)NC[C@@H]1C[C@H]1C1CCC1)C1CCC1. The first-order valence-corrected chi connectivity index (χ1v) is 7.29. The van der Waals surface area contributed by atoms with Gasteiger partial charge in [-0.2, -0.15) is 0 Å². The fourth-order valence-electron chi connectivity index (χ4n) is 3.31. The number of nitrogens with two attached hydrogens (primary N) is 1. The molecule has 0 aliphatic heterocycles. The molecule has 17 heavy (non-hydrogen) atoms. The number of hydrogen-bond acceptors (Lipinski definition) is 2. The Hall–Kier alpha value is -0.570. The molecule has 1 amide bonds. The van der Waals surface area contributed by atoms with Gasteiger partial charge in [-0.3, -0.25) is 4.79 Å². The van der Waals surface area contributed by atoms with Crippen molar-refractivity contribution >= 4 is 5.91 Å². The average molecular weight is 236 g/mol. The molecule has 0 aromatic carbocycles. The minimum Gasteiger partial charge on any atom is -0.354 e. The van der Waals surface area contributed by atoms with E-state index in [1.807, 2.05) is 0 Å². The number of amides is 1. The van der Waals surface area contributed by atoms with Crippen LogP contribution in [0, 0.1) is 23.7 Å². The Morgan fingerprint density at radius 2 is 1.94 bits per heavy atom. The lowest BCUT2D eigenvalue weighted by molar-refractivity contribution is -0.124. The second-order valence-electron chi connectivity index (χ2n) is 6.31. The third kappa shape index (κ3) is 2.35. The first-order valence-electron chi connectivity index (χ1n) is 7.29. The van der Waals surface area contributed by atoms with E-state index < -0.39 is 0 Å². The van der Waals surface area contributed by atoms with Crippen LogP contribution in [-0.2, 0) is 4.79 Å². The molecule has 3 rings (SSSR count). The molecular formula is C14H24N2O. The zero-order valence-electron chi connectivity index (χ0n) is 10.5. The normalized spacial score (nSPS) is 34.6.